The van der Waals surface area contributed by atoms with E-state index in [9.17, 15) is 69.9 Å². The van der Waals surface area contributed by atoms with Gasteiger partial charge in [0, 0.05) is 129 Å². The Morgan fingerprint density at radius 2 is 0.872 bits per heavy atom. The van der Waals surface area contributed by atoms with Gasteiger partial charge < -0.3 is 70.1 Å². The molecule has 10 bridgehead atoms. The topological polar surface area (TPSA) is 397 Å². The number of pyridine rings is 2. The van der Waals surface area contributed by atoms with Gasteiger partial charge in [0.25, 0.3) is 41.4 Å². The van der Waals surface area contributed by atoms with Crippen LogP contribution in [-0.2, 0) is 29.7 Å². The van der Waals surface area contributed by atoms with Gasteiger partial charge in [-0.05, 0) is 261 Å². The zero-order chi connectivity index (χ0) is 105. The number of carbonyl (C=O) groups excluding carboxylic acids is 10. The molecular weight excluding hydrogens is 2040 g/mol. The number of halogens is 9. The van der Waals surface area contributed by atoms with Gasteiger partial charge in [0.2, 0.25) is 5.88 Å². The fourth-order valence-electron chi connectivity index (χ4n) is 22.8. The number of thiazole rings is 1. The van der Waals surface area contributed by atoms with Crippen LogP contribution in [0.4, 0.5) is 22.0 Å². The maximum Gasteiger partial charge on any atom is 0.272 e. The number of furan rings is 1. The first-order valence-corrected chi connectivity index (χ1v) is 51.4. The third-order valence-electron chi connectivity index (χ3n) is 28.7. The van der Waals surface area contributed by atoms with Crippen molar-refractivity contribution in [2.75, 3.05) is 46.4 Å². The molecule has 15 aliphatic carbocycles. The number of ketones is 3. The van der Waals surface area contributed by atoms with Crippen LogP contribution in [0, 0.1) is 79.9 Å². The number of hydrogen-bond donors (Lipinski definition) is 7. The predicted molar refractivity (Wildman–Crippen MR) is 538 cm³/mol. The molecular formula is C106H103Cl4F5N14O17S2. The second-order valence-corrected chi connectivity index (χ2v) is 44.5. The lowest BCUT2D eigenvalue weighted by Gasteiger charge is -2.70. The van der Waals surface area contributed by atoms with Crippen molar-refractivity contribution in [2.45, 2.75) is 195 Å². The van der Waals surface area contributed by atoms with Gasteiger partial charge in [-0.25, -0.2) is 46.4 Å². The van der Waals surface area contributed by atoms with Crippen molar-refractivity contribution < 1.29 is 103 Å². The Morgan fingerprint density at radius 3 is 1.33 bits per heavy atom. The Labute approximate surface area is 874 Å². The average molecular weight is 2150 g/mol. The number of rotatable bonds is 36. The molecule has 7 aromatic heterocycles. The number of benzene rings is 5. The lowest BCUT2D eigenvalue weighted by atomic mass is 9.38. The van der Waals surface area contributed by atoms with E-state index in [0.29, 0.717) is 114 Å². The van der Waals surface area contributed by atoms with Crippen LogP contribution in [0.15, 0.2) is 168 Å². The van der Waals surface area contributed by atoms with Crippen molar-refractivity contribution in [3.05, 3.63) is 275 Å². The first kappa shape index (κ1) is 105. The molecule has 27 rings (SSSR count). The first-order valence-electron chi connectivity index (χ1n) is 47.6. The number of thioether (sulfide) groups is 1. The molecule has 7 heterocycles. The zero-order valence-corrected chi connectivity index (χ0v) is 86.0. The summed E-state index contributed by atoms with van der Waals surface area (Å²) in [6, 6.07) is 35.0. The lowest BCUT2D eigenvalue weighted by Crippen LogP contribution is -2.84. The van der Waals surface area contributed by atoms with E-state index in [1.165, 1.54) is 73.0 Å². The Balaban J connectivity index is 0.000000121. The van der Waals surface area contributed by atoms with Crippen LogP contribution < -0.4 is 65.6 Å². The molecule has 0 saturated heterocycles. The molecule has 12 aromatic rings. The third-order valence-corrected chi connectivity index (χ3v) is 31.4. The SMILES string of the molecule is COc1cccc(C(=O)CC23CC(NC(=O)COc4ccc(Cl)c(F)c4)(C2)C3)n1.CSCc1ccc(C(=O)CC23CC(NC(=O)COc4ccc(Cl)c(F)c4)(C2)C3)o1.Cc1cc(OCC(=O)NC23CC(NC(=O)c4c(C)nc5sccn45)(C2)C3)ccc1Cl.Cc1ccc(F)c(C(=O)CC23CC(NC(=O)COc4ccc(Cl)c(F)c4)(C2)C3)n1.Cc1cnc2cc(C(=O)NC34CC(NC(=O)COc5ccc(C)c(F)c5)(C3)C4)nn2c1. The van der Waals surface area contributed by atoms with Gasteiger partial charge in [0.15, 0.2) is 78.3 Å². The van der Waals surface area contributed by atoms with E-state index in [2.05, 4.69) is 62.3 Å². The summed E-state index contributed by atoms with van der Waals surface area (Å²) in [5.74, 6) is -0.665. The molecule has 774 valence electrons. The second kappa shape index (κ2) is 41.3. The number of ether oxygens (including phenoxy) is 6. The fraction of sp³-hybridized carbons (Fsp3) is 0.387. The number of carbonyl (C=O) groups is 10. The Hall–Kier alpha value is -13.3. The van der Waals surface area contributed by atoms with Crippen LogP contribution in [0.2, 0.25) is 20.1 Å². The van der Waals surface area contributed by atoms with Gasteiger partial charge in [-0.3, -0.25) is 52.3 Å². The molecule has 0 spiro atoms. The molecule has 31 nitrogen and oxygen atoms in total. The first-order chi connectivity index (χ1) is 70.4. The molecule has 0 aliphatic heterocycles. The molecule has 7 amide bonds. The number of amides is 7. The molecule has 5 aromatic carbocycles. The third kappa shape index (κ3) is 23.0. The van der Waals surface area contributed by atoms with E-state index in [1.807, 2.05) is 61.3 Å². The molecule has 42 heteroatoms. The van der Waals surface area contributed by atoms with Crippen molar-refractivity contribution in [1.82, 2.24) is 71.2 Å². The summed E-state index contributed by atoms with van der Waals surface area (Å²) >= 11 is 26.0. The van der Waals surface area contributed by atoms with E-state index in [-0.39, 0.29) is 197 Å². The van der Waals surface area contributed by atoms with Crippen LogP contribution >= 0.6 is 69.5 Å². The number of fused-ring (bicyclic) bond motifs is 2. The van der Waals surface area contributed by atoms with Crippen molar-refractivity contribution in [3.8, 4) is 34.6 Å². The summed E-state index contributed by atoms with van der Waals surface area (Å²) < 4.78 is 109. The highest BCUT2D eigenvalue weighted by atomic mass is 35.5. The normalized spacial score (nSPS) is 24.1. The molecule has 0 radical (unpaired) electrons. The van der Waals surface area contributed by atoms with Gasteiger partial charge >= 0.3 is 0 Å². The summed E-state index contributed by atoms with van der Waals surface area (Å²) in [4.78, 5) is 142. The minimum atomic E-state index is -0.616. The molecule has 15 fully saturated rings. The molecule has 15 aliphatic rings. The highest BCUT2D eigenvalue weighted by molar-refractivity contribution is 7.97. The maximum atomic E-state index is 13.9. The lowest BCUT2D eigenvalue weighted by molar-refractivity contribution is -0.165. The smallest absolute Gasteiger partial charge is 0.272 e. The van der Waals surface area contributed by atoms with Crippen LogP contribution in [0.1, 0.15) is 202 Å². The number of methoxy groups -OCH3 is 1. The van der Waals surface area contributed by atoms with Gasteiger partial charge in [0.1, 0.15) is 74.9 Å². The minimum absolute atomic E-state index is 0.000315. The average Bonchev–Trinajstić information content (AvgIpc) is 1.23. The van der Waals surface area contributed by atoms with E-state index < -0.39 is 23.3 Å². The van der Waals surface area contributed by atoms with E-state index in [0.717, 1.165) is 109 Å². The van der Waals surface area contributed by atoms with Gasteiger partial charge in [-0.15, -0.1) is 11.3 Å². The van der Waals surface area contributed by atoms with Crippen LogP contribution in [0.3, 0.4) is 0 Å². The Bertz CT molecular complexity index is 7230. The van der Waals surface area contributed by atoms with Crippen molar-refractivity contribution in [2.24, 2.45) is 16.2 Å². The number of imidazole rings is 1. The largest absolute Gasteiger partial charge is 0.484 e. The second-order valence-electron chi connectivity index (χ2n) is 41.2. The number of aryl methyl sites for hydroxylation is 5. The number of hydrogen-bond acceptors (Lipinski definition) is 24. The molecule has 0 unspecified atom stereocenters. The summed E-state index contributed by atoms with van der Waals surface area (Å²) in [5, 5.41) is 28.0. The minimum Gasteiger partial charge on any atom is -0.484 e. The Morgan fingerprint density at radius 1 is 0.439 bits per heavy atom. The van der Waals surface area contributed by atoms with E-state index in [1.54, 1.807) is 90.9 Å². The van der Waals surface area contributed by atoms with Crippen molar-refractivity contribution >= 4 is 139 Å². The van der Waals surface area contributed by atoms with Gasteiger partial charge in [-0.1, -0.05) is 58.5 Å². The van der Waals surface area contributed by atoms with Crippen LogP contribution in [0.5, 0.6) is 34.6 Å². The highest BCUT2D eigenvalue weighted by Crippen LogP contribution is 2.71. The monoisotopic (exact) mass is 2140 g/mol. The van der Waals surface area contributed by atoms with E-state index >= 15 is 0 Å². The molecule has 0 atom stereocenters. The fourth-order valence-corrected chi connectivity index (χ4v) is 24.5. The molecule has 148 heavy (non-hydrogen) atoms. The predicted octanol–water partition coefficient (Wildman–Crippen LogP) is 17.6. The van der Waals surface area contributed by atoms with Gasteiger partial charge in [0.05, 0.1) is 33.6 Å². The standard InChI is InChI=1S/C22H22FN5O3.C21H19ClF2N2O3.C21H20ClFN2O4.C21H21ClFNO4S.C21H21ClN4O3S/c1-13-7-24-18-6-17(27-28(18)8-13)20(30)26-22-10-21(11-22,12-22)25-19(29)9-31-15-4-3-14(2)16(23)5-15;1-12-2-5-15(23)19(25-12)17(27)7-20-9-21(10-20,11-20)26-18(28)8-29-13-3-4-14(22)16(24)6-13;1-28-19-4-2-3-16(24-19)17(26)8-20-10-21(11-20,12-20)25-18(27)9-29-13-5-6-14(22)15(23)7-13;1-29-9-14-3-5-18(28-14)17(25)7-20-10-21(11-20,12-20)24-19(26)8-27-13-2-4-15(22)16(23)6-13;1-12-7-14(3-4-15(12)22)29-8-16(27)24-20-9-21(10-20,11-20)25-18(28)17-13(2)23-19-26(17)5-6-30-19/h3-8H,9-12H2,1-2H3,(H,25,29)(H,26,30);2-6H,7-11H2,1H3,(H,26,28);2-7H,8-12H2,1H3,(H,25,27);2-6H,7-12H2,1H3,(H,24,26);3-7H,8-11H2,1-2H3,(H,24,27)(H,25,28). The summed E-state index contributed by atoms with van der Waals surface area (Å²) in [6.45, 7) is 8.14. The number of nitrogens with one attached hydrogen (secondary N) is 7. The summed E-state index contributed by atoms with van der Waals surface area (Å²) in [7, 11) is 1.51. The molecule has 7 N–H and O–H groups in total. The van der Waals surface area contributed by atoms with Crippen molar-refractivity contribution in [1.29, 1.82) is 0 Å². The summed E-state index contributed by atoms with van der Waals surface area (Å²) in [6.07, 6.45) is 19.3. The zero-order valence-electron chi connectivity index (χ0n) is 81.3. The Kier molecular flexibility index (Phi) is 29.2. The molecule has 15 saturated carbocycles. The quantitative estimate of drug-likeness (QED) is 0.0142. The highest BCUT2D eigenvalue weighted by Gasteiger charge is 2.73. The van der Waals surface area contributed by atoms with Crippen LogP contribution in [0.25, 0.3) is 10.6 Å². The van der Waals surface area contributed by atoms with Gasteiger partial charge in [-0.2, -0.15) is 16.9 Å². The van der Waals surface area contributed by atoms with E-state index in [4.69, 9.17) is 79.2 Å². The number of aromatic nitrogens is 7. The van der Waals surface area contributed by atoms with Crippen LogP contribution in [-0.4, -0.2) is 178 Å². The number of Topliss-reactive ketones (excluding diaryl/α,β-unsaturated/α-hetero) is 3. The maximum absolute atomic E-state index is 13.9. The summed E-state index contributed by atoms with van der Waals surface area (Å²) in [5.41, 5.74) is 3.33. The van der Waals surface area contributed by atoms with Crippen molar-refractivity contribution in [3.63, 3.8) is 0 Å². The number of nitrogens with zero attached hydrogens (tertiary/aromatic N) is 7.